The van der Waals surface area contributed by atoms with Crippen LogP contribution in [0.25, 0.3) is 11.4 Å². The molecule has 0 radical (unpaired) electrons. The largest absolute Gasteiger partial charge is 0.212 e. The van der Waals surface area contributed by atoms with Crippen LogP contribution in [0.5, 0.6) is 0 Å². The topological polar surface area (TPSA) is 43.1 Å². The maximum Gasteiger partial charge on any atom is 0.212 e. The number of hydrogen-bond donors (Lipinski definition) is 0. The molecule has 3 aromatic rings. The predicted molar refractivity (Wildman–Crippen MR) is 90.1 cm³/mol. The Bertz CT molecular complexity index is 823. The van der Waals surface area contributed by atoms with Gasteiger partial charge in [-0.25, -0.2) is 0 Å². The smallest absolute Gasteiger partial charge is 0.186 e. The summed E-state index contributed by atoms with van der Waals surface area (Å²) in [5.41, 5.74) is 2.06. The van der Waals surface area contributed by atoms with E-state index in [1.54, 1.807) is 23.1 Å². The Labute approximate surface area is 138 Å². The second kappa shape index (κ2) is 5.40. The summed E-state index contributed by atoms with van der Waals surface area (Å²) in [6, 6.07) is 12.1. The number of thiophene rings is 1. The molecule has 0 unspecified atom stereocenters. The van der Waals surface area contributed by atoms with E-state index in [-0.39, 0.29) is 0 Å². The van der Waals surface area contributed by atoms with Gasteiger partial charge in [-0.1, -0.05) is 45.9 Å². The molecule has 0 saturated carbocycles. The molecule has 21 heavy (non-hydrogen) atoms. The highest BCUT2D eigenvalue weighted by Gasteiger charge is 2.21. The minimum Gasteiger partial charge on any atom is -0.186 e. The van der Waals surface area contributed by atoms with Crippen molar-refractivity contribution in [3.63, 3.8) is 0 Å². The molecule has 0 fully saturated rings. The Morgan fingerprint density at radius 2 is 2.00 bits per heavy atom. The number of fused-ring (bicyclic) bond motifs is 1. The number of hydrogen-bond acceptors (Lipinski definition) is 5. The van der Waals surface area contributed by atoms with Crippen molar-refractivity contribution in [2.75, 3.05) is 5.75 Å². The van der Waals surface area contributed by atoms with Crippen molar-refractivity contribution in [3.05, 3.63) is 51.1 Å². The van der Waals surface area contributed by atoms with Crippen LogP contribution in [0.1, 0.15) is 4.88 Å². The minimum atomic E-state index is 0.763. The van der Waals surface area contributed by atoms with Gasteiger partial charge in [0.1, 0.15) is 0 Å². The zero-order valence-electron chi connectivity index (χ0n) is 10.7. The summed E-state index contributed by atoms with van der Waals surface area (Å²) in [4.78, 5) is 1.19. The molecule has 3 heterocycles. The van der Waals surface area contributed by atoms with Crippen molar-refractivity contribution in [3.8, 4) is 11.4 Å². The second-order valence-electron chi connectivity index (χ2n) is 4.41. The Kier molecular flexibility index (Phi) is 3.40. The highest BCUT2D eigenvalue weighted by atomic mass is 79.9. The van der Waals surface area contributed by atoms with Gasteiger partial charge in [0, 0.05) is 15.8 Å². The van der Waals surface area contributed by atoms with Gasteiger partial charge in [0.2, 0.25) is 5.16 Å². The zero-order chi connectivity index (χ0) is 14.2. The van der Waals surface area contributed by atoms with E-state index in [1.807, 2.05) is 35.0 Å². The fourth-order valence-corrected chi connectivity index (χ4v) is 4.19. The van der Waals surface area contributed by atoms with Crippen LogP contribution >= 0.6 is 39.0 Å². The summed E-state index contributed by atoms with van der Waals surface area (Å²) in [5, 5.41) is 16.2. The number of nitrogens with zero attached hydrogens (tertiary/aromatic N) is 4. The molecule has 1 aliphatic heterocycles. The molecule has 104 valence electrons. The number of aromatic nitrogens is 3. The van der Waals surface area contributed by atoms with Crippen LogP contribution in [0.15, 0.2) is 56.5 Å². The fraction of sp³-hybridized carbons (Fsp3) is 0.0714. The van der Waals surface area contributed by atoms with Gasteiger partial charge < -0.3 is 0 Å². The Hall–Kier alpha value is -1.44. The molecule has 0 aliphatic carbocycles. The first kappa shape index (κ1) is 13.2. The number of thioether (sulfide) groups is 1. The van der Waals surface area contributed by atoms with Crippen LogP contribution in [0, 0.1) is 0 Å². The molecule has 0 N–H and O–H groups in total. The van der Waals surface area contributed by atoms with Gasteiger partial charge in [-0.15, -0.1) is 21.5 Å². The van der Waals surface area contributed by atoms with Gasteiger partial charge in [0.05, 0.1) is 10.6 Å². The van der Waals surface area contributed by atoms with Crippen molar-refractivity contribution in [1.82, 2.24) is 14.9 Å². The van der Waals surface area contributed by atoms with E-state index in [0.717, 1.165) is 32.5 Å². The zero-order valence-corrected chi connectivity index (χ0v) is 14.0. The van der Waals surface area contributed by atoms with E-state index in [9.17, 15) is 0 Å². The summed E-state index contributed by atoms with van der Waals surface area (Å²) < 4.78 is 2.83. The van der Waals surface area contributed by atoms with E-state index in [4.69, 9.17) is 5.10 Å². The van der Waals surface area contributed by atoms with Crippen molar-refractivity contribution in [2.24, 2.45) is 5.10 Å². The monoisotopic (exact) mass is 376 g/mol. The molecule has 0 atom stereocenters. The Morgan fingerprint density at radius 1 is 1.10 bits per heavy atom. The third-order valence-electron chi connectivity index (χ3n) is 3.09. The molecule has 0 saturated heterocycles. The highest BCUT2D eigenvalue weighted by molar-refractivity contribution is 9.10. The molecule has 2 aromatic heterocycles. The Morgan fingerprint density at radius 3 is 2.81 bits per heavy atom. The Balaban J connectivity index is 1.85. The molecule has 0 amide bonds. The lowest BCUT2D eigenvalue weighted by Crippen LogP contribution is -2.12. The van der Waals surface area contributed by atoms with Crippen LogP contribution in [0.4, 0.5) is 0 Å². The highest BCUT2D eigenvalue weighted by Crippen LogP contribution is 2.32. The van der Waals surface area contributed by atoms with E-state index in [2.05, 4.69) is 37.6 Å². The summed E-state index contributed by atoms with van der Waals surface area (Å²) >= 11 is 6.94. The van der Waals surface area contributed by atoms with Crippen LogP contribution in [0.3, 0.4) is 0 Å². The summed E-state index contributed by atoms with van der Waals surface area (Å²) in [6.45, 7) is 0. The second-order valence-corrected chi connectivity index (χ2v) is 7.16. The van der Waals surface area contributed by atoms with Gasteiger partial charge in [0.15, 0.2) is 5.82 Å². The first-order valence-electron chi connectivity index (χ1n) is 6.28. The van der Waals surface area contributed by atoms with Crippen molar-refractivity contribution in [2.45, 2.75) is 5.16 Å². The lowest BCUT2D eigenvalue weighted by Gasteiger charge is -2.13. The van der Waals surface area contributed by atoms with Crippen LogP contribution in [-0.4, -0.2) is 26.3 Å². The van der Waals surface area contributed by atoms with E-state index in [1.165, 1.54) is 4.88 Å². The van der Waals surface area contributed by atoms with Gasteiger partial charge in [-0.3, -0.25) is 0 Å². The first-order valence-corrected chi connectivity index (χ1v) is 8.93. The maximum atomic E-state index is 4.74. The predicted octanol–water partition coefficient (Wildman–Crippen LogP) is 4.13. The van der Waals surface area contributed by atoms with Gasteiger partial charge in [-0.2, -0.15) is 9.78 Å². The van der Waals surface area contributed by atoms with Crippen LogP contribution in [0.2, 0.25) is 0 Å². The first-order chi connectivity index (χ1) is 10.3. The third-order valence-corrected chi connectivity index (χ3v) is 5.63. The van der Waals surface area contributed by atoms with Gasteiger partial charge >= 0.3 is 0 Å². The molecule has 1 aliphatic rings. The van der Waals surface area contributed by atoms with Crippen LogP contribution < -0.4 is 0 Å². The average molecular weight is 377 g/mol. The number of halogens is 1. The number of rotatable bonds is 2. The normalized spacial score (nSPS) is 13.9. The SMILES string of the molecule is Brc1ccccc1-c1nnc2n1N=C(c1cccs1)CS2. The molecule has 0 bridgehead atoms. The van der Waals surface area contributed by atoms with Crippen LogP contribution in [-0.2, 0) is 0 Å². The summed E-state index contributed by atoms with van der Waals surface area (Å²) in [6.07, 6.45) is 0. The molecule has 0 spiro atoms. The molecule has 1 aromatic carbocycles. The van der Waals surface area contributed by atoms with Gasteiger partial charge in [0.25, 0.3) is 0 Å². The standard InChI is InChI=1S/C14H9BrN4S2/c15-10-5-2-1-4-9(10)13-16-17-14-19(13)18-11(8-21-14)12-6-3-7-20-12/h1-7H,8H2. The van der Waals surface area contributed by atoms with Crippen molar-refractivity contribution >= 4 is 44.7 Å². The summed E-state index contributed by atoms with van der Waals surface area (Å²) in [5.74, 6) is 1.59. The fourth-order valence-electron chi connectivity index (χ4n) is 2.10. The molecule has 7 heteroatoms. The summed E-state index contributed by atoms with van der Waals surface area (Å²) in [7, 11) is 0. The maximum absolute atomic E-state index is 4.74. The minimum absolute atomic E-state index is 0.763. The van der Waals surface area contributed by atoms with E-state index >= 15 is 0 Å². The van der Waals surface area contributed by atoms with E-state index < -0.39 is 0 Å². The molecule has 4 nitrogen and oxygen atoms in total. The quantitative estimate of drug-likeness (QED) is 0.675. The van der Waals surface area contributed by atoms with Crippen molar-refractivity contribution < 1.29 is 0 Å². The lowest BCUT2D eigenvalue weighted by atomic mass is 10.2. The number of benzene rings is 1. The van der Waals surface area contributed by atoms with Crippen molar-refractivity contribution in [1.29, 1.82) is 0 Å². The lowest BCUT2D eigenvalue weighted by molar-refractivity contribution is 0.762. The third kappa shape index (κ3) is 2.35. The molecular weight excluding hydrogens is 368 g/mol. The van der Waals surface area contributed by atoms with E-state index in [0.29, 0.717) is 0 Å². The molecule has 4 rings (SSSR count). The molecular formula is C14H9BrN4S2. The van der Waals surface area contributed by atoms with Gasteiger partial charge in [-0.05, 0) is 23.6 Å². The average Bonchev–Trinajstić information content (AvgIpc) is 3.17.